The average molecular weight is 296 g/mol. The van der Waals surface area contributed by atoms with Gasteiger partial charge in [-0.05, 0) is 6.07 Å². The molecule has 0 saturated heterocycles. The Hall–Kier alpha value is -1.33. The molecule has 1 aromatic heterocycles. The van der Waals surface area contributed by atoms with Crippen LogP contribution in [0.2, 0.25) is 0 Å². The summed E-state index contributed by atoms with van der Waals surface area (Å²) in [6, 6.07) is 2.89. The minimum atomic E-state index is -4.87. The number of halogens is 4. The molecule has 0 aromatic carbocycles. The zero-order chi connectivity index (χ0) is 12.3. The number of nitriles is 1. The Morgan fingerprint density at radius 1 is 1.56 bits per heavy atom. The van der Waals surface area contributed by atoms with Gasteiger partial charge in [-0.25, -0.2) is 4.98 Å². The number of hydrogen-bond donors (Lipinski definition) is 1. The quantitative estimate of drug-likeness (QED) is 0.907. The normalized spacial score (nSPS) is 11.0. The van der Waals surface area contributed by atoms with E-state index in [4.69, 9.17) is 11.0 Å². The highest BCUT2D eigenvalue weighted by Gasteiger charge is 2.33. The summed E-state index contributed by atoms with van der Waals surface area (Å²) < 4.78 is 40.0. The van der Waals surface area contributed by atoms with Gasteiger partial charge in [-0.1, -0.05) is 15.9 Å². The van der Waals surface area contributed by atoms with Gasteiger partial charge in [-0.15, -0.1) is 13.2 Å². The molecule has 1 heterocycles. The summed E-state index contributed by atoms with van der Waals surface area (Å²) in [6.07, 6.45) is -4.87. The molecule has 16 heavy (non-hydrogen) atoms. The van der Waals surface area contributed by atoms with Crippen LogP contribution in [0.1, 0.15) is 11.3 Å². The lowest BCUT2D eigenvalue weighted by molar-refractivity contribution is -0.276. The molecule has 2 N–H and O–H groups in total. The van der Waals surface area contributed by atoms with Crippen molar-refractivity contribution in [1.29, 1.82) is 5.26 Å². The second-order valence-electron chi connectivity index (χ2n) is 2.64. The predicted octanol–water partition coefficient (Wildman–Crippen LogP) is 2.07. The molecule has 8 heteroatoms. The van der Waals surface area contributed by atoms with Gasteiger partial charge in [0.1, 0.15) is 11.8 Å². The lowest BCUT2D eigenvalue weighted by Gasteiger charge is -2.12. The molecule has 1 rings (SSSR count). The molecule has 0 radical (unpaired) electrons. The maximum absolute atomic E-state index is 12.0. The SMILES string of the molecule is N#Cc1cc(Br)c(CN)c(OC(F)(F)F)n1. The molecular formula is C8H5BrF3N3O. The number of pyridine rings is 1. The number of aromatic nitrogens is 1. The first kappa shape index (κ1) is 12.7. The maximum Gasteiger partial charge on any atom is 0.574 e. The van der Waals surface area contributed by atoms with Crippen LogP contribution in [-0.4, -0.2) is 11.3 Å². The lowest BCUT2D eigenvalue weighted by atomic mass is 10.2. The lowest BCUT2D eigenvalue weighted by Crippen LogP contribution is -2.20. The van der Waals surface area contributed by atoms with E-state index in [2.05, 4.69) is 25.7 Å². The molecule has 0 unspecified atom stereocenters. The molecule has 86 valence electrons. The van der Waals surface area contributed by atoms with Crippen LogP contribution in [0, 0.1) is 11.3 Å². The van der Waals surface area contributed by atoms with E-state index in [-0.39, 0.29) is 22.3 Å². The van der Waals surface area contributed by atoms with Crippen LogP contribution in [-0.2, 0) is 6.54 Å². The largest absolute Gasteiger partial charge is 0.574 e. The Bertz CT molecular complexity index is 441. The van der Waals surface area contributed by atoms with Crippen molar-refractivity contribution in [3.05, 3.63) is 21.8 Å². The van der Waals surface area contributed by atoms with E-state index < -0.39 is 12.2 Å². The van der Waals surface area contributed by atoms with Gasteiger partial charge in [0, 0.05) is 16.6 Å². The number of nitrogens with zero attached hydrogens (tertiary/aromatic N) is 2. The minimum Gasteiger partial charge on any atom is -0.387 e. The Kier molecular flexibility index (Phi) is 3.72. The fourth-order valence-corrected chi connectivity index (χ4v) is 1.50. The molecular weight excluding hydrogens is 291 g/mol. The van der Waals surface area contributed by atoms with Crippen LogP contribution in [0.4, 0.5) is 13.2 Å². The van der Waals surface area contributed by atoms with Crippen LogP contribution < -0.4 is 10.5 Å². The molecule has 0 aliphatic carbocycles. The number of hydrogen-bond acceptors (Lipinski definition) is 4. The van der Waals surface area contributed by atoms with Gasteiger partial charge in [0.05, 0.1) is 0 Å². The van der Waals surface area contributed by atoms with Crippen molar-refractivity contribution in [2.24, 2.45) is 5.73 Å². The monoisotopic (exact) mass is 295 g/mol. The van der Waals surface area contributed by atoms with Gasteiger partial charge in [0.25, 0.3) is 0 Å². The summed E-state index contributed by atoms with van der Waals surface area (Å²) in [6.45, 7) is -0.190. The van der Waals surface area contributed by atoms with Gasteiger partial charge >= 0.3 is 6.36 Å². The van der Waals surface area contributed by atoms with Gasteiger partial charge in [-0.3, -0.25) is 0 Å². The Morgan fingerprint density at radius 3 is 2.62 bits per heavy atom. The molecule has 0 amide bonds. The van der Waals surface area contributed by atoms with Crippen LogP contribution in [0.15, 0.2) is 10.5 Å². The molecule has 0 fully saturated rings. The molecule has 0 aliphatic heterocycles. The first-order valence-electron chi connectivity index (χ1n) is 3.92. The highest BCUT2D eigenvalue weighted by molar-refractivity contribution is 9.10. The van der Waals surface area contributed by atoms with Crippen molar-refractivity contribution in [2.75, 3.05) is 0 Å². The smallest absolute Gasteiger partial charge is 0.387 e. The zero-order valence-electron chi connectivity index (χ0n) is 7.68. The third-order valence-electron chi connectivity index (χ3n) is 1.56. The van der Waals surface area contributed by atoms with Crippen molar-refractivity contribution in [1.82, 2.24) is 4.98 Å². The third-order valence-corrected chi connectivity index (χ3v) is 2.27. The van der Waals surface area contributed by atoms with Crippen LogP contribution in [0.5, 0.6) is 5.88 Å². The summed E-state index contributed by atoms with van der Waals surface area (Å²) in [7, 11) is 0. The Morgan fingerprint density at radius 2 is 2.19 bits per heavy atom. The molecule has 0 spiro atoms. The van der Waals surface area contributed by atoms with Crippen LogP contribution in [0.25, 0.3) is 0 Å². The molecule has 0 atom stereocenters. The van der Waals surface area contributed by atoms with Gasteiger partial charge in [-0.2, -0.15) is 5.26 Å². The van der Waals surface area contributed by atoms with E-state index in [1.807, 2.05) is 0 Å². The fraction of sp³-hybridized carbons (Fsp3) is 0.250. The zero-order valence-corrected chi connectivity index (χ0v) is 9.26. The number of alkyl halides is 3. The highest BCUT2D eigenvalue weighted by Crippen LogP contribution is 2.29. The van der Waals surface area contributed by atoms with Crippen molar-refractivity contribution in [3.63, 3.8) is 0 Å². The molecule has 4 nitrogen and oxygen atoms in total. The number of ether oxygens (including phenoxy) is 1. The van der Waals surface area contributed by atoms with E-state index in [1.165, 1.54) is 6.07 Å². The highest BCUT2D eigenvalue weighted by atomic mass is 79.9. The second-order valence-corrected chi connectivity index (χ2v) is 3.49. The Balaban J connectivity index is 3.24. The summed E-state index contributed by atoms with van der Waals surface area (Å²) >= 11 is 2.99. The fourth-order valence-electron chi connectivity index (χ4n) is 0.955. The van der Waals surface area contributed by atoms with Crippen LogP contribution >= 0.6 is 15.9 Å². The Labute approximate surface area is 97.0 Å². The van der Waals surface area contributed by atoms with Crippen molar-refractivity contribution in [2.45, 2.75) is 12.9 Å². The molecule has 0 bridgehead atoms. The molecule has 0 aliphatic rings. The predicted molar refractivity (Wildman–Crippen MR) is 51.2 cm³/mol. The molecule has 0 saturated carbocycles. The minimum absolute atomic E-state index is 0.0522. The van der Waals surface area contributed by atoms with Gasteiger partial charge in [0.2, 0.25) is 5.88 Å². The first-order chi connectivity index (χ1) is 7.37. The van der Waals surface area contributed by atoms with E-state index in [9.17, 15) is 13.2 Å². The average Bonchev–Trinajstić information content (AvgIpc) is 2.14. The summed E-state index contributed by atoms with van der Waals surface area (Å²) in [4.78, 5) is 3.39. The van der Waals surface area contributed by atoms with Crippen molar-refractivity contribution < 1.29 is 17.9 Å². The number of nitrogens with two attached hydrogens (primary N) is 1. The van der Waals surface area contributed by atoms with Gasteiger partial charge in [0.15, 0.2) is 0 Å². The van der Waals surface area contributed by atoms with Gasteiger partial charge < -0.3 is 10.5 Å². The summed E-state index contributed by atoms with van der Waals surface area (Å²) in [5.41, 5.74) is 5.12. The third kappa shape index (κ3) is 3.08. The standard InChI is InChI=1S/C8H5BrF3N3O/c9-6-1-4(2-13)15-7(5(6)3-14)16-8(10,11)12/h1H,3,14H2. The first-order valence-corrected chi connectivity index (χ1v) is 4.72. The van der Waals surface area contributed by atoms with E-state index in [0.717, 1.165) is 0 Å². The molecule has 1 aromatic rings. The van der Waals surface area contributed by atoms with Crippen LogP contribution in [0.3, 0.4) is 0 Å². The van der Waals surface area contributed by atoms with Crippen molar-refractivity contribution in [3.8, 4) is 11.9 Å². The van der Waals surface area contributed by atoms with E-state index in [0.29, 0.717) is 0 Å². The van der Waals surface area contributed by atoms with Crippen molar-refractivity contribution >= 4 is 15.9 Å². The topological polar surface area (TPSA) is 71.9 Å². The van der Waals surface area contributed by atoms with E-state index in [1.54, 1.807) is 6.07 Å². The maximum atomic E-state index is 12.0. The summed E-state index contributed by atoms with van der Waals surface area (Å²) in [5.74, 6) is -0.707. The summed E-state index contributed by atoms with van der Waals surface area (Å²) in [5, 5.41) is 8.55. The number of rotatable bonds is 2. The van der Waals surface area contributed by atoms with E-state index >= 15 is 0 Å². The second kappa shape index (κ2) is 4.67.